The molecule has 4 rings (SSSR count). The first-order valence-corrected chi connectivity index (χ1v) is 10.2. The van der Waals surface area contributed by atoms with Gasteiger partial charge in [-0.05, 0) is 49.2 Å². The van der Waals surface area contributed by atoms with E-state index < -0.39 is 10.0 Å². The van der Waals surface area contributed by atoms with Crippen LogP contribution in [0.1, 0.15) is 17.0 Å². The molecule has 2 aromatic heterocycles. The van der Waals surface area contributed by atoms with E-state index in [2.05, 4.69) is 9.97 Å². The van der Waals surface area contributed by atoms with Crippen LogP contribution in [0.4, 0.5) is 0 Å². The van der Waals surface area contributed by atoms with Crippen LogP contribution in [-0.2, 0) is 22.9 Å². The van der Waals surface area contributed by atoms with Gasteiger partial charge < -0.3 is 0 Å². The molecule has 2 aromatic carbocycles. The molecule has 0 spiro atoms. The average Bonchev–Trinajstić information content (AvgIpc) is 3.07. The van der Waals surface area contributed by atoms with Crippen LogP contribution in [0.5, 0.6) is 0 Å². The summed E-state index contributed by atoms with van der Waals surface area (Å²) in [5.74, 6) is 0.528. The van der Waals surface area contributed by atoms with Gasteiger partial charge in [0.1, 0.15) is 5.82 Å². The molecule has 0 radical (unpaired) electrons. The van der Waals surface area contributed by atoms with Gasteiger partial charge >= 0.3 is 0 Å². The number of para-hydroxylation sites is 2. The summed E-state index contributed by atoms with van der Waals surface area (Å²) >= 11 is 0. The largest absolute Gasteiger partial charge is 0.269 e. The Labute approximate surface area is 158 Å². The second kappa shape index (κ2) is 6.96. The number of hydrogen-bond acceptors (Lipinski definition) is 4. The van der Waals surface area contributed by atoms with Gasteiger partial charge in [-0.25, -0.2) is 17.4 Å². The molecule has 4 aromatic rings. The molecular formula is C21H19N3O2S. The lowest BCUT2D eigenvalue weighted by molar-refractivity contribution is 0.585. The molecule has 5 nitrogen and oxygen atoms in total. The average molecular weight is 377 g/mol. The fourth-order valence-corrected chi connectivity index (χ4v) is 4.61. The number of imidazole rings is 1. The van der Waals surface area contributed by atoms with E-state index in [-0.39, 0.29) is 4.90 Å². The maximum absolute atomic E-state index is 13.4. The van der Waals surface area contributed by atoms with Crippen molar-refractivity contribution in [1.82, 2.24) is 13.9 Å². The van der Waals surface area contributed by atoms with Crippen LogP contribution in [0, 0.1) is 6.92 Å². The van der Waals surface area contributed by atoms with Crippen LogP contribution in [-0.4, -0.2) is 22.4 Å². The highest BCUT2D eigenvalue weighted by atomic mass is 32.2. The molecule has 0 saturated heterocycles. The summed E-state index contributed by atoms with van der Waals surface area (Å²) in [6.07, 6.45) is 4.69. The molecular weight excluding hydrogens is 358 g/mol. The number of fused-ring (bicyclic) bond motifs is 1. The van der Waals surface area contributed by atoms with Crippen molar-refractivity contribution in [1.29, 1.82) is 0 Å². The number of hydrogen-bond donors (Lipinski definition) is 0. The third-order valence-corrected chi connectivity index (χ3v) is 6.26. The first kappa shape index (κ1) is 17.4. The van der Waals surface area contributed by atoms with Gasteiger partial charge in [0.25, 0.3) is 10.0 Å². The number of nitrogens with zero attached hydrogens (tertiary/aromatic N) is 3. The van der Waals surface area contributed by atoms with Crippen molar-refractivity contribution in [2.45, 2.75) is 24.7 Å². The zero-order valence-corrected chi connectivity index (χ0v) is 15.7. The minimum absolute atomic E-state index is 0.263. The Morgan fingerprint density at radius 1 is 0.926 bits per heavy atom. The maximum Gasteiger partial charge on any atom is 0.269 e. The van der Waals surface area contributed by atoms with Crippen LogP contribution < -0.4 is 0 Å². The summed E-state index contributed by atoms with van der Waals surface area (Å²) in [6, 6.07) is 18.1. The molecule has 0 aliphatic heterocycles. The zero-order chi connectivity index (χ0) is 18.9. The van der Waals surface area contributed by atoms with E-state index in [1.54, 1.807) is 42.7 Å². The van der Waals surface area contributed by atoms with Crippen molar-refractivity contribution in [3.63, 3.8) is 0 Å². The normalized spacial score (nSPS) is 11.7. The predicted molar refractivity (Wildman–Crippen MR) is 105 cm³/mol. The lowest BCUT2D eigenvalue weighted by atomic mass is 10.1. The lowest BCUT2D eigenvalue weighted by Gasteiger charge is -2.11. The van der Waals surface area contributed by atoms with Gasteiger partial charge in [0.05, 0.1) is 15.9 Å². The minimum Gasteiger partial charge on any atom is -0.264 e. The Balaban J connectivity index is 1.81. The van der Waals surface area contributed by atoms with Crippen molar-refractivity contribution in [2.75, 3.05) is 0 Å². The van der Waals surface area contributed by atoms with Gasteiger partial charge in [0, 0.05) is 18.8 Å². The van der Waals surface area contributed by atoms with Crippen LogP contribution in [0.15, 0.2) is 78.0 Å². The van der Waals surface area contributed by atoms with E-state index in [4.69, 9.17) is 0 Å². The molecule has 0 aliphatic rings. The van der Waals surface area contributed by atoms with Gasteiger partial charge in [0.2, 0.25) is 0 Å². The van der Waals surface area contributed by atoms with Gasteiger partial charge in [-0.2, -0.15) is 0 Å². The van der Waals surface area contributed by atoms with Crippen LogP contribution in [0.25, 0.3) is 11.0 Å². The van der Waals surface area contributed by atoms with E-state index >= 15 is 0 Å². The van der Waals surface area contributed by atoms with Crippen LogP contribution in [0.2, 0.25) is 0 Å². The number of aryl methyl sites for hydroxylation is 3. The molecule has 6 heteroatoms. The number of aromatic nitrogens is 3. The zero-order valence-electron chi connectivity index (χ0n) is 14.9. The summed E-state index contributed by atoms with van der Waals surface area (Å²) in [7, 11) is -3.74. The standard InChI is InChI=1S/C21H19N3O2S/c1-16-8-11-18(12-9-16)27(25,26)24-20-7-3-2-6-19(20)23-21(24)13-10-17-5-4-14-22-15-17/h2-9,11-12,14-15H,10,13H2,1H3. The Hall–Kier alpha value is -2.99. The number of benzene rings is 2. The van der Waals surface area contributed by atoms with Crippen molar-refractivity contribution >= 4 is 21.1 Å². The van der Waals surface area contributed by atoms with E-state index in [1.807, 2.05) is 37.3 Å². The van der Waals surface area contributed by atoms with Crippen molar-refractivity contribution in [3.8, 4) is 0 Å². The first-order valence-electron chi connectivity index (χ1n) is 8.73. The SMILES string of the molecule is Cc1ccc(S(=O)(=O)n2c(CCc3cccnc3)nc3ccccc32)cc1. The molecule has 0 unspecified atom stereocenters. The molecule has 0 amide bonds. The Morgan fingerprint density at radius 3 is 2.44 bits per heavy atom. The van der Waals surface area contributed by atoms with Crippen molar-refractivity contribution < 1.29 is 8.42 Å². The molecule has 136 valence electrons. The summed E-state index contributed by atoms with van der Waals surface area (Å²) in [4.78, 5) is 8.98. The molecule has 27 heavy (non-hydrogen) atoms. The smallest absolute Gasteiger partial charge is 0.264 e. The highest BCUT2D eigenvalue weighted by Gasteiger charge is 2.24. The second-order valence-corrected chi connectivity index (χ2v) is 8.25. The molecule has 0 fully saturated rings. The topological polar surface area (TPSA) is 64.8 Å². The summed E-state index contributed by atoms with van der Waals surface area (Å²) in [5, 5.41) is 0. The third-order valence-electron chi connectivity index (χ3n) is 4.50. The Kier molecular flexibility index (Phi) is 4.49. The van der Waals surface area contributed by atoms with Gasteiger partial charge in [-0.1, -0.05) is 35.9 Å². The minimum atomic E-state index is -3.74. The fraction of sp³-hybridized carbons (Fsp3) is 0.143. The lowest BCUT2D eigenvalue weighted by Crippen LogP contribution is -2.16. The van der Waals surface area contributed by atoms with Gasteiger partial charge in [-0.3, -0.25) is 4.98 Å². The van der Waals surface area contributed by atoms with Crippen molar-refractivity contribution in [2.24, 2.45) is 0 Å². The van der Waals surface area contributed by atoms with Crippen LogP contribution >= 0.6 is 0 Å². The van der Waals surface area contributed by atoms with E-state index in [0.29, 0.717) is 29.7 Å². The van der Waals surface area contributed by atoms with E-state index in [0.717, 1.165) is 11.1 Å². The summed E-state index contributed by atoms with van der Waals surface area (Å²) < 4.78 is 28.1. The predicted octanol–water partition coefficient (Wildman–Crippen LogP) is 3.76. The number of pyridine rings is 1. The Morgan fingerprint density at radius 2 is 1.70 bits per heavy atom. The van der Waals surface area contributed by atoms with E-state index in [1.165, 1.54) is 3.97 Å². The molecule has 0 saturated carbocycles. The molecule has 0 N–H and O–H groups in total. The van der Waals surface area contributed by atoms with Gasteiger partial charge in [0.15, 0.2) is 0 Å². The molecule has 0 aliphatic carbocycles. The highest BCUT2D eigenvalue weighted by molar-refractivity contribution is 7.90. The quantitative estimate of drug-likeness (QED) is 0.531. The monoisotopic (exact) mass is 377 g/mol. The number of rotatable bonds is 5. The first-order chi connectivity index (χ1) is 13.1. The molecule has 0 bridgehead atoms. The highest BCUT2D eigenvalue weighted by Crippen LogP contribution is 2.24. The third kappa shape index (κ3) is 3.36. The molecule has 2 heterocycles. The van der Waals surface area contributed by atoms with Crippen LogP contribution in [0.3, 0.4) is 0 Å². The fourth-order valence-electron chi connectivity index (χ4n) is 3.10. The Bertz CT molecular complexity index is 1180. The summed E-state index contributed by atoms with van der Waals surface area (Å²) in [5.41, 5.74) is 3.33. The van der Waals surface area contributed by atoms with Crippen molar-refractivity contribution in [3.05, 3.63) is 90.0 Å². The second-order valence-electron chi connectivity index (χ2n) is 6.46. The molecule has 0 atom stereocenters. The van der Waals surface area contributed by atoms with Gasteiger partial charge in [-0.15, -0.1) is 0 Å². The summed E-state index contributed by atoms with van der Waals surface area (Å²) in [6.45, 7) is 1.93. The van der Waals surface area contributed by atoms with E-state index in [9.17, 15) is 8.42 Å². The maximum atomic E-state index is 13.4.